The van der Waals surface area contributed by atoms with Gasteiger partial charge in [-0.3, -0.25) is 4.98 Å². The van der Waals surface area contributed by atoms with Gasteiger partial charge in [-0.05, 0) is 44.0 Å². The van der Waals surface area contributed by atoms with Crippen LogP contribution in [0.5, 0.6) is 0 Å². The summed E-state index contributed by atoms with van der Waals surface area (Å²) in [5, 5.41) is 7.02. The van der Waals surface area contributed by atoms with Crippen molar-refractivity contribution in [2.24, 2.45) is 10.1 Å². The quantitative estimate of drug-likeness (QED) is 0.405. The highest BCUT2D eigenvalue weighted by Crippen LogP contribution is 2.24. The van der Waals surface area contributed by atoms with Crippen LogP contribution in [0, 0.1) is 13.8 Å². The zero-order valence-electron chi connectivity index (χ0n) is 16.7. The van der Waals surface area contributed by atoms with Gasteiger partial charge in [-0.25, -0.2) is 9.67 Å². The fourth-order valence-corrected chi connectivity index (χ4v) is 3.97. The normalized spacial score (nSPS) is 12.4. The Morgan fingerprint density at radius 1 is 0.897 bits per heavy atom. The van der Waals surface area contributed by atoms with Crippen molar-refractivity contribution in [3.8, 4) is 11.3 Å². The van der Waals surface area contributed by atoms with Crippen LogP contribution in [0.2, 0.25) is 0 Å². The summed E-state index contributed by atoms with van der Waals surface area (Å²) in [6.07, 6.45) is 1.78. The molecule has 0 aliphatic rings. The Hall–Kier alpha value is -3.31. The molecule has 4 nitrogen and oxygen atoms in total. The molecule has 2 heterocycles. The number of hydrogen-bond donors (Lipinski definition) is 0. The molecule has 2 aromatic heterocycles. The molecule has 0 spiro atoms. The second kappa shape index (κ2) is 8.37. The SMILES string of the molecule is CC(=Nn1c(-c2ccccc2)csc1=Nc1c(C)cccc1C)c1ccccn1. The Morgan fingerprint density at radius 2 is 1.62 bits per heavy atom. The highest BCUT2D eigenvalue weighted by atomic mass is 32.1. The second-order valence-corrected chi connectivity index (χ2v) is 7.67. The molecule has 5 heteroatoms. The summed E-state index contributed by atoms with van der Waals surface area (Å²) in [6.45, 7) is 6.15. The first-order chi connectivity index (χ1) is 14.1. The molecule has 0 saturated carbocycles. The van der Waals surface area contributed by atoms with Crippen molar-refractivity contribution in [3.05, 3.63) is 99.9 Å². The molecular formula is C24H22N4S. The predicted octanol–water partition coefficient (Wildman–Crippen LogP) is 5.73. The summed E-state index contributed by atoms with van der Waals surface area (Å²) >= 11 is 1.59. The minimum absolute atomic E-state index is 0.830. The Bertz CT molecular complexity index is 1200. The van der Waals surface area contributed by atoms with Gasteiger partial charge in [-0.1, -0.05) is 54.6 Å². The summed E-state index contributed by atoms with van der Waals surface area (Å²) in [5.41, 5.74) is 7.09. The van der Waals surface area contributed by atoms with Crippen molar-refractivity contribution in [3.63, 3.8) is 0 Å². The van der Waals surface area contributed by atoms with Crippen LogP contribution in [0.15, 0.2) is 88.4 Å². The molecule has 0 saturated heterocycles. The molecule has 0 bridgehead atoms. The lowest BCUT2D eigenvalue weighted by Crippen LogP contribution is -2.14. The Morgan fingerprint density at radius 3 is 2.31 bits per heavy atom. The lowest BCUT2D eigenvalue weighted by atomic mass is 10.1. The standard InChI is InChI=1S/C24H22N4S/c1-17-10-9-11-18(2)23(17)26-24-28(27-19(3)21-14-7-8-15-25-21)22(16-29-24)20-12-5-4-6-13-20/h4-16H,1-3H3. The largest absolute Gasteiger partial charge is 0.255 e. The zero-order chi connectivity index (χ0) is 20.2. The van der Waals surface area contributed by atoms with Gasteiger partial charge in [0.05, 0.1) is 22.8 Å². The Labute approximate surface area is 174 Å². The summed E-state index contributed by atoms with van der Waals surface area (Å²) in [7, 11) is 0. The molecule has 0 aliphatic heterocycles. The number of rotatable bonds is 4. The minimum atomic E-state index is 0.830. The van der Waals surface area contributed by atoms with Crippen molar-refractivity contribution in [2.75, 3.05) is 0 Å². The molecule has 0 N–H and O–H groups in total. The molecular weight excluding hydrogens is 376 g/mol. The number of aryl methyl sites for hydroxylation is 2. The molecule has 0 radical (unpaired) electrons. The number of para-hydroxylation sites is 1. The maximum atomic E-state index is 4.99. The van der Waals surface area contributed by atoms with Crippen LogP contribution in [-0.2, 0) is 0 Å². The van der Waals surface area contributed by atoms with Crippen LogP contribution in [0.4, 0.5) is 5.69 Å². The fraction of sp³-hybridized carbons (Fsp3) is 0.125. The highest BCUT2D eigenvalue weighted by molar-refractivity contribution is 7.07. The predicted molar refractivity (Wildman–Crippen MR) is 121 cm³/mol. The average Bonchev–Trinajstić information content (AvgIpc) is 3.14. The van der Waals surface area contributed by atoms with Gasteiger partial charge in [0.2, 0.25) is 4.80 Å². The second-order valence-electron chi connectivity index (χ2n) is 6.83. The highest BCUT2D eigenvalue weighted by Gasteiger charge is 2.10. The Kier molecular flexibility index (Phi) is 5.49. The van der Waals surface area contributed by atoms with Gasteiger partial charge in [-0.2, -0.15) is 5.10 Å². The number of thiazole rings is 1. The third kappa shape index (κ3) is 4.10. The van der Waals surface area contributed by atoms with E-state index >= 15 is 0 Å². The van der Waals surface area contributed by atoms with Crippen molar-refractivity contribution in [1.82, 2.24) is 9.66 Å². The Balaban J connectivity index is 1.94. The third-order valence-corrected chi connectivity index (χ3v) is 5.50. The van der Waals surface area contributed by atoms with E-state index in [0.717, 1.165) is 44.3 Å². The fourth-order valence-electron chi connectivity index (χ4n) is 3.14. The molecule has 0 amide bonds. The van der Waals surface area contributed by atoms with Crippen LogP contribution in [0.25, 0.3) is 11.3 Å². The first-order valence-electron chi connectivity index (χ1n) is 9.47. The number of hydrogen-bond acceptors (Lipinski definition) is 4. The van der Waals surface area contributed by atoms with Crippen molar-refractivity contribution in [1.29, 1.82) is 0 Å². The van der Waals surface area contributed by atoms with Crippen LogP contribution in [0.3, 0.4) is 0 Å². The lowest BCUT2D eigenvalue weighted by molar-refractivity contribution is 0.846. The van der Waals surface area contributed by atoms with Gasteiger partial charge < -0.3 is 0 Å². The summed E-state index contributed by atoms with van der Waals surface area (Å²) in [4.78, 5) is 10.2. The molecule has 0 unspecified atom stereocenters. The third-order valence-electron chi connectivity index (χ3n) is 4.69. The van der Waals surface area contributed by atoms with Crippen molar-refractivity contribution in [2.45, 2.75) is 20.8 Å². The zero-order valence-corrected chi connectivity index (χ0v) is 17.5. The van der Waals surface area contributed by atoms with E-state index in [1.54, 1.807) is 17.5 Å². The van der Waals surface area contributed by atoms with Gasteiger partial charge in [-0.15, -0.1) is 11.3 Å². The van der Waals surface area contributed by atoms with E-state index in [0.29, 0.717) is 0 Å². The summed E-state index contributed by atoms with van der Waals surface area (Å²) in [6, 6.07) is 22.4. The van der Waals surface area contributed by atoms with E-state index in [4.69, 9.17) is 10.1 Å². The van der Waals surface area contributed by atoms with E-state index in [2.05, 4.69) is 54.5 Å². The maximum absolute atomic E-state index is 4.99. The summed E-state index contributed by atoms with van der Waals surface area (Å²) in [5.74, 6) is 0. The van der Waals surface area contributed by atoms with Crippen LogP contribution < -0.4 is 4.80 Å². The average molecular weight is 399 g/mol. The number of nitrogens with zero attached hydrogens (tertiary/aromatic N) is 4. The van der Waals surface area contributed by atoms with Gasteiger partial charge >= 0.3 is 0 Å². The van der Waals surface area contributed by atoms with E-state index in [1.807, 2.05) is 48.0 Å². The molecule has 29 heavy (non-hydrogen) atoms. The molecule has 0 aliphatic carbocycles. The van der Waals surface area contributed by atoms with Crippen molar-refractivity contribution < 1.29 is 0 Å². The van der Waals surface area contributed by atoms with Crippen LogP contribution >= 0.6 is 11.3 Å². The van der Waals surface area contributed by atoms with E-state index in [9.17, 15) is 0 Å². The first-order valence-corrected chi connectivity index (χ1v) is 10.4. The lowest BCUT2D eigenvalue weighted by Gasteiger charge is -2.07. The van der Waals surface area contributed by atoms with Crippen LogP contribution in [0.1, 0.15) is 23.7 Å². The monoisotopic (exact) mass is 398 g/mol. The topological polar surface area (TPSA) is 42.5 Å². The molecule has 0 fully saturated rings. The molecule has 2 aromatic carbocycles. The minimum Gasteiger partial charge on any atom is -0.255 e. The number of pyridine rings is 1. The molecule has 0 atom stereocenters. The van der Waals surface area contributed by atoms with E-state index in [1.165, 1.54) is 0 Å². The summed E-state index contributed by atoms with van der Waals surface area (Å²) < 4.78 is 1.93. The molecule has 144 valence electrons. The van der Waals surface area contributed by atoms with Gasteiger partial charge in [0.25, 0.3) is 0 Å². The number of aromatic nitrogens is 2. The van der Waals surface area contributed by atoms with Gasteiger partial charge in [0.15, 0.2) is 0 Å². The van der Waals surface area contributed by atoms with Crippen LogP contribution in [-0.4, -0.2) is 15.4 Å². The maximum Gasteiger partial charge on any atom is 0.211 e. The van der Waals surface area contributed by atoms with Crippen molar-refractivity contribution >= 4 is 22.7 Å². The first kappa shape index (κ1) is 19.0. The van der Waals surface area contributed by atoms with Gasteiger partial charge in [0.1, 0.15) is 0 Å². The number of benzene rings is 2. The smallest absolute Gasteiger partial charge is 0.211 e. The molecule has 4 aromatic rings. The molecule has 4 rings (SSSR count). The van der Waals surface area contributed by atoms with E-state index < -0.39 is 0 Å². The van der Waals surface area contributed by atoms with Gasteiger partial charge in [0, 0.05) is 17.1 Å². The van der Waals surface area contributed by atoms with E-state index in [-0.39, 0.29) is 0 Å².